The molecule has 1 nitrogen and oxygen atoms in total. The molecule has 0 amide bonds. The summed E-state index contributed by atoms with van der Waals surface area (Å²) < 4.78 is 0. The lowest BCUT2D eigenvalue weighted by Gasteiger charge is -2.31. The lowest BCUT2D eigenvalue weighted by Crippen LogP contribution is -2.34. The number of halogens is 1. The van der Waals surface area contributed by atoms with Crippen LogP contribution in [0.15, 0.2) is 0 Å². The van der Waals surface area contributed by atoms with Gasteiger partial charge in [0.05, 0.1) is 0 Å². The van der Waals surface area contributed by atoms with Crippen LogP contribution in [0.3, 0.4) is 0 Å². The van der Waals surface area contributed by atoms with Crippen molar-refractivity contribution in [1.29, 1.82) is 0 Å². The summed E-state index contributed by atoms with van der Waals surface area (Å²) in [5.74, 6) is 0.871. The van der Waals surface area contributed by atoms with Crippen LogP contribution in [0.2, 0.25) is 0 Å². The van der Waals surface area contributed by atoms with Crippen molar-refractivity contribution >= 4 is 15.9 Å². The largest absolute Gasteiger partial charge is 0.303 e. The SMILES string of the molecule is CC(CCBr)CCN(C)C1CCCCC1. The second-order valence-corrected chi connectivity index (χ2v) is 5.94. The third-order valence-corrected chi connectivity index (χ3v) is 4.23. The van der Waals surface area contributed by atoms with Crippen LogP contribution in [0.1, 0.15) is 51.9 Å². The van der Waals surface area contributed by atoms with Crippen molar-refractivity contribution < 1.29 is 0 Å². The topological polar surface area (TPSA) is 3.24 Å². The first-order valence-corrected chi connectivity index (χ1v) is 7.62. The van der Waals surface area contributed by atoms with Crippen molar-refractivity contribution in [3.8, 4) is 0 Å². The van der Waals surface area contributed by atoms with E-state index in [9.17, 15) is 0 Å². The molecule has 2 heteroatoms. The first-order chi connectivity index (χ1) is 7.24. The Morgan fingerprint density at radius 1 is 1.20 bits per heavy atom. The Hall–Kier alpha value is 0.440. The minimum Gasteiger partial charge on any atom is -0.303 e. The zero-order chi connectivity index (χ0) is 11.1. The second kappa shape index (κ2) is 7.67. The van der Waals surface area contributed by atoms with Crippen LogP contribution in [0.25, 0.3) is 0 Å². The second-order valence-electron chi connectivity index (χ2n) is 5.14. The average Bonchev–Trinajstić information content (AvgIpc) is 2.27. The van der Waals surface area contributed by atoms with Gasteiger partial charge in [0.25, 0.3) is 0 Å². The summed E-state index contributed by atoms with van der Waals surface area (Å²) in [6.45, 7) is 3.66. The molecular weight excluding hydrogens is 250 g/mol. The van der Waals surface area contributed by atoms with Gasteiger partial charge in [-0.05, 0) is 45.2 Å². The molecule has 1 fully saturated rings. The van der Waals surface area contributed by atoms with Crippen LogP contribution in [0.4, 0.5) is 0 Å². The predicted octanol–water partition coefficient (Wildman–Crippen LogP) is 4.06. The van der Waals surface area contributed by atoms with E-state index in [0.29, 0.717) is 0 Å². The third-order valence-electron chi connectivity index (χ3n) is 3.77. The highest BCUT2D eigenvalue weighted by Gasteiger charge is 2.17. The van der Waals surface area contributed by atoms with E-state index in [1.165, 1.54) is 51.5 Å². The van der Waals surface area contributed by atoms with E-state index in [-0.39, 0.29) is 0 Å². The molecule has 15 heavy (non-hydrogen) atoms. The Labute approximate surface area is 104 Å². The smallest absolute Gasteiger partial charge is 0.00922 e. The minimum atomic E-state index is 0.871. The molecule has 1 aliphatic carbocycles. The van der Waals surface area contributed by atoms with Gasteiger partial charge in [0.1, 0.15) is 0 Å². The monoisotopic (exact) mass is 275 g/mol. The van der Waals surface area contributed by atoms with Crippen molar-refractivity contribution in [1.82, 2.24) is 4.90 Å². The van der Waals surface area contributed by atoms with Crippen LogP contribution < -0.4 is 0 Å². The molecule has 1 atom stereocenters. The van der Waals surface area contributed by atoms with E-state index in [1.54, 1.807) is 0 Å². The summed E-state index contributed by atoms with van der Waals surface area (Å²) in [6.07, 6.45) is 9.91. The van der Waals surface area contributed by atoms with Crippen LogP contribution >= 0.6 is 15.9 Å². The maximum atomic E-state index is 3.52. The summed E-state index contributed by atoms with van der Waals surface area (Å²) in [4.78, 5) is 2.60. The van der Waals surface area contributed by atoms with Gasteiger partial charge in [-0.3, -0.25) is 0 Å². The average molecular weight is 276 g/mol. The van der Waals surface area contributed by atoms with E-state index >= 15 is 0 Å². The minimum absolute atomic E-state index is 0.871. The van der Waals surface area contributed by atoms with Gasteiger partial charge < -0.3 is 4.90 Å². The Morgan fingerprint density at radius 2 is 1.87 bits per heavy atom. The highest BCUT2D eigenvalue weighted by molar-refractivity contribution is 9.09. The van der Waals surface area contributed by atoms with Gasteiger partial charge in [0, 0.05) is 11.4 Å². The fourth-order valence-electron chi connectivity index (χ4n) is 2.46. The quantitative estimate of drug-likeness (QED) is 0.661. The number of rotatable bonds is 6. The van der Waals surface area contributed by atoms with Gasteiger partial charge in [0.15, 0.2) is 0 Å². The van der Waals surface area contributed by atoms with Gasteiger partial charge in [0.2, 0.25) is 0 Å². The molecule has 1 rings (SSSR count). The molecule has 1 saturated carbocycles. The predicted molar refractivity (Wildman–Crippen MR) is 71.7 cm³/mol. The summed E-state index contributed by atoms with van der Waals surface area (Å²) in [6, 6.07) is 0.884. The standard InChI is InChI=1S/C13H26BrN/c1-12(8-10-14)9-11-15(2)13-6-4-3-5-7-13/h12-13H,3-11H2,1-2H3. The Kier molecular flexibility index (Phi) is 6.91. The molecule has 1 unspecified atom stereocenters. The van der Waals surface area contributed by atoms with E-state index in [4.69, 9.17) is 0 Å². The van der Waals surface area contributed by atoms with E-state index in [1.807, 2.05) is 0 Å². The zero-order valence-electron chi connectivity index (χ0n) is 10.3. The number of hydrogen-bond acceptors (Lipinski definition) is 1. The van der Waals surface area contributed by atoms with Crippen molar-refractivity contribution in [2.45, 2.75) is 57.9 Å². The molecule has 0 aromatic heterocycles. The molecule has 0 spiro atoms. The Balaban J connectivity index is 2.13. The first kappa shape index (κ1) is 13.5. The van der Waals surface area contributed by atoms with E-state index in [2.05, 4.69) is 34.8 Å². The summed E-state index contributed by atoms with van der Waals surface area (Å²) >= 11 is 3.52. The number of alkyl halides is 1. The molecule has 1 aliphatic rings. The fourth-order valence-corrected chi connectivity index (χ4v) is 3.24. The maximum Gasteiger partial charge on any atom is 0.00922 e. The summed E-state index contributed by atoms with van der Waals surface area (Å²) in [5.41, 5.74) is 0. The fraction of sp³-hybridized carbons (Fsp3) is 1.00. The molecule has 0 radical (unpaired) electrons. The highest BCUT2D eigenvalue weighted by Crippen LogP contribution is 2.22. The van der Waals surface area contributed by atoms with Crippen LogP contribution in [-0.4, -0.2) is 29.9 Å². The van der Waals surface area contributed by atoms with Crippen molar-refractivity contribution in [3.05, 3.63) is 0 Å². The zero-order valence-corrected chi connectivity index (χ0v) is 11.9. The lowest BCUT2D eigenvalue weighted by molar-refractivity contribution is 0.181. The van der Waals surface area contributed by atoms with Gasteiger partial charge in [-0.2, -0.15) is 0 Å². The Bertz CT molecular complexity index is 155. The van der Waals surface area contributed by atoms with E-state index < -0.39 is 0 Å². The molecule has 0 aromatic rings. The maximum absolute atomic E-state index is 3.52. The van der Waals surface area contributed by atoms with Gasteiger partial charge in [-0.25, -0.2) is 0 Å². The molecule has 0 saturated heterocycles. The van der Waals surface area contributed by atoms with Crippen molar-refractivity contribution in [3.63, 3.8) is 0 Å². The number of nitrogens with zero attached hydrogens (tertiary/aromatic N) is 1. The third kappa shape index (κ3) is 5.35. The van der Waals surface area contributed by atoms with Crippen LogP contribution in [0.5, 0.6) is 0 Å². The van der Waals surface area contributed by atoms with Gasteiger partial charge in [-0.1, -0.05) is 42.1 Å². The number of hydrogen-bond donors (Lipinski definition) is 0. The summed E-state index contributed by atoms with van der Waals surface area (Å²) in [5, 5.41) is 1.15. The van der Waals surface area contributed by atoms with Crippen LogP contribution in [-0.2, 0) is 0 Å². The van der Waals surface area contributed by atoms with Gasteiger partial charge >= 0.3 is 0 Å². The normalized spacial score (nSPS) is 20.8. The molecule has 0 aliphatic heterocycles. The molecule has 0 N–H and O–H groups in total. The summed E-state index contributed by atoms with van der Waals surface area (Å²) in [7, 11) is 2.32. The Morgan fingerprint density at radius 3 is 2.47 bits per heavy atom. The molecule has 0 aromatic carbocycles. The molecule has 90 valence electrons. The lowest BCUT2D eigenvalue weighted by atomic mass is 9.94. The van der Waals surface area contributed by atoms with Crippen LogP contribution in [0, 0.1) is 5.92 Å². The molecule has 0 bridgehead atoms. The van der Waals surface area contributed by atoms with Gasteiger partial charge in [-0.15, -0.1) is 0 Å². The van der Waals surface area contributed by atoms with E-state index in [0.717, 1.165) is 17.3 Å². The molecule has 0 heterocycles. The first-order valence-electron chi connectivity index (χ1n) is 6.50. The van der Waals surface area contributed by atoms with Crippen molar-refractivity contribution in [2.75, 3.05) is 18.9 Å². The highest BCUT2D eigenvalue weighted by atomic mass is 79.9. The van der Waals surface area contributed by atoms with Crippen molar-refractivity contribution in [2.24, 2.45) is 5.92 Å². The molecular formula is C13H26BrN.